The lowest BCUT2D eigenvalue weighted by atomic mass is 10.2. The second-order valence-corrected chi connectivity index (χ2v) is 4.78. The molecule has 1 heterocycles. The second-order valence-electron chi connectivity index (χ2n) is 3.06. The second kappa shape index (κ2) is 3.71. The predicted octanol–water partition coefficient (Wildman–Crippen LogP) is 3.67. The Morgan fingerprint density at radius 3 is 3.00 bits per heavy atom. The molecule has 14 heavy (non-hydrogen) atoms. The molecular weight excluding hydrogens is 214 g/mol. The van der Waals surface area contributed by atoms with Crippen LogP contribution in [0.1, 0.15) is 12.5 Å². The first-order valence-corrected chi connectivity index (χ1v) is 5.69. The molecule has 1 aromatic heterocycles. The minimum absolute atomic E-state index is 0.695. The van der Waals surface area contributed by atoms with Crippen LogP contribution < -0.4 is 4.74 Å². The van der Waals surface area contributed by atoms with E-state index in [2.05, 4.69) is 11.9 Å². The van der Waals surface area contributed by atoms with Gasteiger partial charge in [0.1, 0.15) is 5.75 Å². The van der Waals surface area contributed by atoms with Gasteiger partial charge in [0.05, 0.1) is 16.8 Å². The highest BCUT2D eigenvalue weighted by molar-refractivity contribution is 7.73. The van der Waals surface area contributed by atoms with Gasteiger partial charge in [0.25, 0.3) is 0 Å². The van der Waals surface area contributed by atoms with Crippen molar-refractivity contribution in [2.45, 2.75) is 13.8 Å². The van der Waals surface area contributed by atoms with Crippen LogP contribution in [-0.2, 0) is 0 Å². The van der Waals surface area contributed by atoms with E-state index in [1.807, 2.05) is 19.1 Å². The van der Waals surface area contributed by atoms with Crippen molar-refractivity contribution in [3.8, 4) is 5.75 Å². The van der Waals surface area contributed by atoms with Gasteiger partial charge in [-0.25, -0.2) is 0 Å². The molecule has 1 aromatic carbocycles. The van der Waals surface area contributed by atoms with E-state index in [4.69, 9.17) is 17.0 Å². The lowest BCUT2D eigenvalue weighted by molar-refractivity contribution is 0.340. The van der Waals surface area contributed by atoms with Crippen LogP contribution in [0, 0.1) is 10.9 Å². The van der Waals surface area contributed by atoms with Gasteiger partial charge in [0.15, 0.2) is 3.95 Å². The summed E-state index contributed by atoms with van der Waals surface area (Å²) in [5.41, 5.74) is 2.31. The molecular formula is C10H11NOS2. The lowest BCUT2D eigenvalue weighted by Crippen LogP contribution is -1.91. The summed E-state index contributed by atoms with van der Waals surface area (Å²) in [5.74, 6) is 0.919. The van der Waals surface area contributed by atoms with Crippen LogP contribution in [0.4, 0.5) is 0 Å². The van der Waals surface area contributed by atoms with Crippen molar-refractivity contribution in [2.24, 2.45) is 0 Å². The molecule has 1 N–H and O–H groups in total. The molecule has 0 amide bonds. The highest BCUT2D eigenvalue weighted by atomic mass is 32.1. The fraction of sp³-hybridized carbons (Fsp3) is 0.300. The largest absolute Gasteiger partial charge is 0.494 e. The van der Waals surface area contributed by atoms with Crippen molar-refractivity contribution in [3.63, 3.8) is 0 Å². The first kappa shape index (κ1) is 9.68. The summed E-state index contributed by atoms with van der Waals surface area (Å²) in [5, 5.41) is 0. The minimum atomic E-state index is 0.695. The van der Waals surface area contributed by atoms with Crippen molar-refractivity contribution < 1.29 is 4.74 Å². The molecule has 0 aliphatic carbocycles. The first-order valence-electron chi connectivity index (χ1n) is 4.47. The lowest BCUT2D eigenvalue weighted by Gasteiger charge is -2.04. The Bertz CT molecular complexity index is 512. The molecule has 0 atom stereocenters. The van der Waals surface area contributed by atoms with E-state index in [0.29, 0.717) is 6.61 Å². The summed E-state index contributed by atoms with van der Waals surface area (Å²) in [7, 11) is 0. The fourth-order valence-corrected chi connectivity index (χ4v) is 2.65. The van der Waals surface area contributed by atoms with Gasteiger partial charge in [-0.3, -0.25) is 0 Å². The zero-order valence-electron chi connectivity index (χ0n) is 8.09. The van der Waals surface area contributed by atoms with Gasteiger partial charge in [-0.1, -0.05) is 0 Å². The van der Waals surface area contributed by atoms with E-state index in [1.54, 1.807) is 11.3 Å². The third-order valence-corrected chi connectivity index (χ3v) is 3.19. The van der Waals surface area contributed by atoms with Crippen LogP contribution in [0.2, 0.25) is 0 Å². The third-order valence-electron chi connectivity index (χ3n) is 2.01. The Hall–Kier alpha value is -0.870. The summed E-state index contributed by atoms with van der Waals surface area (Å²) in [6.45, 7) is 4.74. The number of rotatable bonds is 2. The molecule has 2 rings (SSSR count). The average Bonchev–Trinajstić information content (AvgIpc) is 2.47. The quantitative estimate of drug-likeness (QED) is 0.789. The third kappa shape index (κ3) is 1.67. The summed E-state index contributed by atoms with van der Waals surface area (Å²) in [6.07, 6.45) is 0. The number of nitrogens with one attached hydrogen (secondary N) is 1. The zero-order chi connectivity index (χ0) is 10.1. The predicted molar refractivity (Wildman–Crippen MR) is 62.9 cm³/mol. The van der Waals surface area contributed by atoms with Crippen LogP contribution in [-0.4, -0.2) is 11.6 Å². The SMILES string of the molecule is CCOc1cc(C)c2[nH]c(=S)sc2c1. The van der Waals surface area contributed by atoms with Crippen LogP contribution in [0.15, 0.2) is 12.1 Å². The highest BCUT2D eigenvalue weighted by Crippen LogP contribution is 2.27. The monoisotopic (exact) mass is 225 g/mol. The van der Waals surface area contributed by atoms with Crippen LogP contribution in [0.5, 0.6) is 5.75 Å². The fourth-order valence-electron chi connectivity index (χ4n) is 1.44. The molecule has 0 fully saturated rings. The first-order chi connectivity index (χ1) is 6.70. The Morgan fingerprint density at radius 2 is 2.29 bits per heavy atom. The van der Waals surface area contributed by atoms with Crippen LogP contribution in [0.3, 0.4) is 0 Å². The molecule has 0 radical (unpaired) electrons. The number of fused-ring (bicyclic) bond motifs is 1. The van der Waals surface area contributed by atoms with E-state index in [-0.39, 0.29) is 0 Å². The average molecular weight is 225 g/mol. The summed E-state index contributed by atoms with van der Waals surface area (Å²) in [6, 6.07) is 4.06. The van der Waals surface area contributed by atoms with Gasteiger partial charge in [-0.2, -0.15) is 0 Å². The van der Waals surface area contributed by atoms with E-state index in [0.717, 1.165) is 15.2 Å². The summed E-state index contributed by atoms with van der Waals surface area (Å²) >= 11 is 6.69. The Morgan fingerprint density at radius 1 is 1.50 bits per heavy atom. The van der Waals surface area contributed by atoms with Crippen LogP contribution >= 0.6 is 23.6 Å². The molecule has 2 nitrogen and oxygen atoms in total. The molecule has 0 aliphatic heterocycles. The van der Waals surface area contributed by atoms with Crippen molar-refractivity contribution in [3.05, 3.63) is 21.7 Å². The zero-order valence-corrected chi connectivity index (χ0v) is 9.72. The molecule has 0 bridgehead atoms. The minimum Gasteiger partial charge on any atom is -0.494 e. The van der Waals surface area contributed by atoms with Crippen LogP contribution in [0.25, 0.3) is 10.2 Å². The number of thiazole rings is 1. The number of H-pyrrole nitrogens is 1. The van der Waals surface area contributed by atoms with E-state index in [9.17, 15) is 0 Å². The number of benzene rings is 1. The van der Waals surface area contributed by atoms with Crippen molar-refractivity contribution in [2.75, 3.05) is 6.61 Å². The van der Waals surface area contributed by atoms with Gasteiger partial charge in [0, 0.05) is 0 Å². The van der Waals surface area contributed by atoms with E-state index in [1.165, 1.54) is 10.3 Å². The number of aromatic amines is 1. The molecule has 4 heteroatoms. The summed E-state index contributed by atoms with van der Waals surface area (Å²) < 4.78 is 7.44. The van der Waals surface area contributed by atoms with Gasteiger partial charge in [0.2, 0.25) is 0 Å². The van der Waals surface area contributed by atoms with Crippen molar-refractivity contribution >= 4 is 33.8 Å². The van der Waals surface area contributed by atoms with Gasteiger partial charge in [-0.15, -0.1) is 11.3 Å². The number of ether oxygens (including phenoxy) is 1. The standard InChI is InChI=1S/C10H11NOS2/c1-3-12-7-4-6(2)9-8(5-7)14-10(13)11-9/h4-5H,3H2,1-2H3,(H,11,13). The van der Waals surface area contributed by atoms with Gasteiger partial charge < -0.3 is 9.72 Å². The number of hydrogen-bond acceptors (Lipinski definition) is 3. The van der Waals surface area contributed by atoms with Gasteiger partial charge in [-0.05, 0) is 43.8 Å². The number of hydrogen-bond donors (Lipinski definition) is 1. The Kier molecular flexibility index (Phi) is 2.56. The van der Waals surface area contributed by atoms with Crippen molar-refractivity contribution in [1.82, 2.24) is 4.98 Å². The molecule has 0 saturated carbocycles. The Labute approximate surface area is 91.5 Å². The van der Waals surface area contributed by atoms with Crippen molar-refractivity contribution in [1.29, 1.82) is 0 Å². The number of aryl methyl sites for hydroxylation is 1. The Balaban J connectivity index is 2.65. The maximum atomic E-state index is 5.46. The molecule has 0 spiro atoms. The molecule has 0 aliphatic rings. The van der Waals surface area contributed by atoms with Gasteiger partial charge >= 0.3 is 0 Å². The molecule has 0 saturated heterocycles. The maximum Gasteiger partial charge on any atom is 0.159 e. The number of aromatic nitrogens is 1. The molecule has 0 unspecified atom stereocenters. The topological polar surface area (TPSA) is 25.0 Å². The molecule has 2 aromatic rings. The van der Waals surface area contributed by atoms with E-state index >= 15 is 0 Å². The maximum absolute atomic E-state index is 5.46. The van der Waals surface area contributed by atoms with E-state index < -0.39 is 0 Å². The summed E-state index contributed by atoms with van der Waals surface area (Å²) in [4.78, 5) is 3.17. The normalized spacial score (nSPS) is 10.7. The highest BCUT2D eigenvalue weighted by Gasteiger charge is 2.03. The smallest absolute Gasteiger partial charge is 0.159 e. The molecule has 74 valence electrons.